The second kappa shape index (κ2) is 8.62. The van der Waals surface area contributed by atoms with Crippen molar-refractivity contribution in [3.63, 3.8) is 0 Å². The van der Waals surface area contributed by atoms with Crippen molar-refractivity contribution >= 4 is 12.4 Å². The second-order valence-electron chi connectivity index (χ2n) is 5.63. The molecule has 0 aliphatic carbocycles. The van der Waals surface area contributed by atoms with Crippen LogP contribution in [0.15, 0.2) is 40.9 Å². The Morgan fingerprint density at radius 2 is 1.94 bits per heavy atom. The van der Waals surface area contributed by atoms with Gasteiger partial charge < -0.3 is 5.41 Å². The molecule has 0 rings (SSSR count). The van der Waals surface area contributed by atoms with Gasteiger partial charge in [-0.25, -0.2) is 0 Å². The van der Waals surface area contributed by atoms with E-state index in [1.54, 1.807) is 0 Å². The third kappa shape index (κ3) is 9.76. The molecule has 0 saturated carbocycles. The molecular weight excluding hydrogens is 220 g/mol. The van der Waals surface area contributed by atoms with E-state index in [0.717, 1.165) is 5.57 Å². The molecule has 0 aromatic carbocycles. The lowest BCUT2D eigenvalue weighted by molar-refractivity contribution is 0.545. The van der Waals surface area contributed by atoms with Crippen molar-refractivity contribution in [3.8, 4) is 0 Å². The third-order valence-electron chi connectivity index (χ3n) is 2.25. The van der Waals surface area contributed by atoms with Crippen molar-refractivity contribution in [2.75, 3.05) is 6.54 Å². The predicted molar refractivity (Wildman–Crippen MR) is 82.8 cm³/mol. The van der Waals surface area contributed by atoms with Gasteiger partial charge in [-0.2, -0.15) is 0 Å². The Kier molecular flexibility index (Phi) is 7.93. The van der Waals surface area contributed by atoms with Crippen LogP contribution in [0.25, 0.3) is 0 Å². The van der Waals surface area contributed by atoms with Gasteiger partial charge in [0, 0.05) is 12.4 Å². The van der Waals surface area contributed by atoms with Gasteiger partial charge in [-0.05, 0) is 29.1 Å². The van der Waals surface area contributed by atoms with E-state index in [2.05, 4.69) is 45.7 Å². The number of nitrogens with zero attached hydrogens (tertiary/aromatic N) is 1. The van der Waals surface area contributed by atoms with Gasteiger partial charge in [0.1, 0.15) is 0 Å². The van der Waals surface area contributed by atoms with Crippen LogP contribution in [-0.4, -0.2) is 19.0 Å². The molecule has 0 bridgehead atoms. The van der Waals surface area contributed by atoms with Gasteiger partial charge in [-0.3, -0.25) is 4.99 Å². The van der Waals surface area contributed by atoms with Gasteiger partial charge in [-0.15, -0.1) is 0 Å². The van der Waals surface area contributed by atoms with Crippen molar-refractivity contribution in [2.24, 2.45) is 16.3 Å². The molecule has 0 aromatic rings. The van der Waals surface area contributed by atoms with E-state index < -0.39 is 0 Å². The Morgan fingerprint density at radius 3 is 2.44 bits per heavy atom. The Hall–Kier alpha value is -1.44. The van der Waals surface area contributed by atoms with Crippen LogP contribution >= 0.6 is 0 Å². The van der Waals surface area contributed by atoms with Crippen LogP contribution in [0, 0.1) is 16.7 Å². The Bertz CT molecular complexity index is 350. The SMILES string of the molecule is CC(C)C(=C/C=N)/C=C/CN=C/C=C\C(C)(C)C. The van der Waals surface area contributed by atoms with Crippen LogP contribution < -0.4 is 0 Å². The van der Waals surface area contributed by atoms with Crippen LogP contribution in [0.3, 0.4) is 0 Å². The topological polar surface area (TPSA) is 36.2 Å². The summed E-state index contributed by atoms with van der Waals surface area (Å²) < 4.78 is 0. The van der Waals surface area contributed by atoms with Gasteiger partial charge >= 0.3 is 0 Å². The first-order valence-electron chi connectivity index (χ1n) is 6.41. The van der Waals surface area contributed by atoms with E-state index in [9.17, 15) is 0 Å². The maximum absolute atomic E-state index is 7.08. The number of allylic oxidation sites excluding steroid dienone is 5. The number of hydrogen-bond donors (Lipinski definition) is 1. The van der Waals surface area contributed by atoms with Gasteiger partial charge in [0.25, 0.3) is 0 Å². The van der Waals surface area contributed by atoms with E-state index in [-0.39, 0.29) is 5.41 Å². The molecule has 0 heterocycles. The highest BCUT2D eigenvalue weighted by Gasteiger charge is 2.01. The molecule has 0 unspecified atom stereocenters. The summed E-state index contributed by atoms with van der Waals surface area (Å²) >= 11 is 0. The summed E-state index contributed by atoms with van der Waals surface area (Å²) in [6, 6.07) is 0. The number of nitrogens with one attached hydrogen (secondary N) is 1. The Morgan fingerprint density at radius 1 is 1.28 bits per heavy atom. The highest BCUT2D eigenvalue weighted by atomic mass is 14.7. The quantitative estimate of drug-likeness (QED) is 0.531. The van der Waals surface area contributed by atoms with Crippen LogP contribution in [0.4, 0.5) is 0 Å². The molecule has 0 radical (unpaired) electrons. The molecule has 100 valence electrons. The van der Waals surface area contributed by atoms with Crippen molar-refractivity contribution in [1.29, 1.82) is 5.41 Å². The summed E-state index contributed by atoms with van der Waals surface area (Å²) in [5.74, 6) is 0.438. The molecule has 2 nitrogen and oxygen atoms in total. The summed E-state index contributed by atoms with van der Waals surface area (Å²) in [4.78, 5) is 4.28. The van der Waals surface area contributed by atoms with E-state index in [0.29, 0.717) is 12.5 Å². The summed E-state index contributed by atoms with van der Waals surface area (Å²) in [6.45, 7) is 11.4. The Balaban J connectivity index is 4.18. The normalized spacial score (nSPS) is 14.4. The average Bonchev–Trinajstić information content (AvgIpc) is 2.24. The Labute approximate surface area is 112 Å². The lowest BCUT2D eigenvalue weighted by atomic mass is 9.97. The van der Waals surface area contributed by atoms with E-state index in [1.807, 2.05) is 30.5 Å². The van der Waals surface area contributed by atoms with Crippen molar-refractivity contribution in [2.45, 2.75) is 34.6 Å². The fourth-order valence-corrected chi connectivity index (χ4v) is 1.24. The van der Waals surface area contributed by atoms with Gasteiger partial charge in [-0.1, -0.05) is 52.8 Å². The number of aliphatic imine (C=N–C) groups is 1. The lowest BCUT2D eigenvalue weighted by Crippen LogP contribution is -1.98. The number of rotatable bonds is 6. The zero-order valence-electron chi connectivity index (χ0n) is 12.3. The summed E-state index contributed by atoms with van der Waals surface area (Å²) in [5.41, 5.74) is 1.37. The number of hydrogen-bond acceptors (Lipinski definition) is 2. The summed E-state index contributed by atoms with van der Waals surface area (Å²) in [5, 5.41) is 7.08. The standard InChI is InChI=1S/C16H26N2/c1-14(2)15(9-11-17)8-6-12-18-13-7-10-16(3,4)5/h6-11,13-14,17H,12H2,1-5H3/b8-6+,10-7-,15-9+,17-11?,18-13?. The summed E-state index contributed by atoms with van der Waals surface area (Å²) in [7, 11) is 0. The fourth-order valence-electron chi connectivity index (χ4n) is 1.24. The first-order valence-corrected chi connectivity index (χ1v) is 6.41. The summed E-state index contributed by atoms with van der Waals surface area (Å²) in [6.07, 6.45) is 13.2. The van der Waals surface area contributed by atoms with Crippen molar-refractivity contribution in [3.05, 3.63) is 36.0 Å². The molecule has 0 aliphatic heterocycles. The second-order valence-corrected chi connectivity index (χ2v) is 5.63. The molecule has 0 fully saturated rings. The van der Waals surface area contributed by atoms with Crippen LogP contribution in [0.1, 0.15) is 34.6 Å². The molecule has 18 heavy (non-hydrogen) atoms. The molecule has 0 spiro atoms. The molecular formula is C16H26N2. The third-order valence-corrected chi connectivity index (χ3v) is 2.25. The van der Waals surface area contributed by atoms with Crippen LogP contribution in [0.2, 0.25) is 0 Å². The highest BCUT2D eigenvalue weighted by molar-refractivity contribution is 5.71. The van der Waals surface area contributed by atoms with E-state index in [4.69, 9.17) is 5.41 Å². The molecule has 0 amide bonds. The largest absolute Gasteiger partial charge is 0.309 e. The first-order chi connectivity index (χ1) is 8.37. The molecule has 0 aromatic heterocycles. The van der Waals surface area contributed by atoms with Crippen molar-refractivity contribution < 1.29 is 0 Å². The minimum absolute atomic E-state index is 0.208. The molecule has 1 N–H and O–H groups in total. The van der Waals surface area contributed by atoms with Crippen LogP contribution in [-0.2, 0) is 0 Å². The fraction of sp³-hybridized carbons (Fsp3) is 0.500. The van der Waals surface area contributed by atoms with E-state index >= 15 is 0 Å². The zero-order valence-corrected chi connectivity index (χ0v) is 12.3. The van der Waals surface area contributed by atoms with Crippen LogP contribution in [0.5, 0.6) is 0 Å². The highest BCUT2D eigenvalue weighted by Crippen LogP contribution is 2.13. The van der Waals surface area contributed by atoms with Gasteiger partial charge in [0.05, 0.1) is 6.54 Å². The van der Waals surface area contributed by atoms with Gasteiger partial charge in [0.15, 0.2) is 0 Å². The minimum atomic E-state index is 0.208. The average molecular weight is 246 g/mol. The predicted octanol–water partition coefficient (Wildman–Crippen LogP) is 4.45. The molecule has 0 aliphatic rings. The lowest BCUT2D eigenvalue weighted by Gasteiger charge is -2.09. The smallest absolute Gasteiger partial charge is 0.0573 e. The van der Waals surface area contributed by atoms with Gasteiger partial charge in [0.2, 0.25) is 0 Å². The zero-order chi connectivity index (χ0) is 14.0. The minimum Gasteiger partial charge on any atom is -0.309 e. The first kappa shape index (κ1) is 16.6. The van der Waals surface area contributed by atoms with E-state index in [1.165, 1.54) is 6.21 Å². The molecule has 0 atom stereocenters. The molecule has 2 heteroatoms. The monoisotopic (exact) mass is 246 g/mol. The maximum atomic E-state index is 7.08. The molecule has 0 saturated heterocycles. The van der Waals surface area contributed by atoms with Crippen molar-refractivity contribution in [1.82, 2.24) is 0 Å². The maximum Gasteiger partial charge on any atom is 0.0573 e.